The largest absolute Gasteiger partial charge is 0.390 e. The molecule has 0 heterocycles. The average Bonchev–Trinajstić information content (AvgIpc) is 2.42. The van der Waals surface area contributed by atoms with Crippen LogP contribution in [0.1, 0.15) is 13.3 Å². The van der Waals surface area contributed by atoms with Crippen LogP contribution in [0.25, 0.3) is 0 Å². The second-order valence-corrected chi connectivity index (χ2v) is 3.89. The molecular weight excluding hydrogens is 186 g/mol. The molecule has 0 aromatic carbocycles. The van der Waals surface area contributed by atoms with Crippen molar-refractivity contribution >= 4 is 0 Å². The first-order valence-corrected chi connectivity index (χ1v) is 4.82. The molecule has 5 heteroatoms. The third-order valence-electron chi connectivity index (χ3n) is 2.80. The highest BCUT2D eigenvalue weighted by Gasteiger charge is 2.39. The molecule has 14 heavy (non-hydrogen) atoms. The standard InChI is InChI=1S/C9H19NO4/c1-5-3-6(8(12)7(5)11)4-14-9(10)13-2/h5-9,11-12H,3-4,10H2,1-2H3/t5-,6-,7+,8-,9?/m1/s1. The Hall–Kier alpha value is -0.200. The van der Waals surface area contributed by atoms with Gasteiger partial charge in [-0.15, -0.1) is 0 Å². The lowest BCUT2D eigenvalue weighted by Crippen LogP contribution is -2.33. The monoisotopic (exact) mass is 205 g/mol. The molecule has 1 unspecified atom stereocenters. The molecule has 0 spiro atoms. The Morgan fingerprint density at radius 1 is 1.43 bits per heavy atom. The lowest BCUT2D eigenvalue weighted by Gasteiger charge is -2.18. The van der Waals surface area contributed by atoms with E-state index < -0.39 is 18.6 Å². The van der Waals surface area contributed by atoms with Crippen molar-refractivity contribution in [2.24, 2.45) is 17.6 Å². The number of ether oxygens (including phenoxy) is 2. The second-order valence-electron chi connectivity index (χ2n) is 3.89. The van der Waals surface area contributed by atoms with E-state index in [1.165, 1.54) is 7.11 Å². The van der Waals surface area contributed by atoms with Gasteiger partial charge in [0.1, 0.15) is 0 Å². The Morgan fingerprint density at radius 2 is 2.07 bits per heavy atom. The van der Waals surface area contributed by atoms with E-state index in [1.807, 2.05) is 6.92 Å². The fourth-order valence-electron chi connectivity index (χ4n) is 1.82. The number of aliphatic hydroxyl groups is 2. The van der Waals surface area contributed by atoms with Crippen molar-refractivity contribution in [2.45, 2.75) is 32.0 Å². The van der Waals surface area contributed by atoms with Gasteiger partial charge in [-0.05, 0) is 12.3 Å². The van der Waals surface area contributed by atoms with Crippen molar-refractivity contribution in [1.82, 2.24) is 0 Å². The fraction of sp³-hybridized carbons (Fsp3) is 1.00. The molecule has 0 bridgehead atoms. The number of hydrogen-bond donors (Lipinski definition) is 3. The van der Waals surface area contributed by atoms with Gasteiger partial charge in [0, 0.05) is 13.0 Å². The highest BCUT2D eigenvalue weighted by Crippen LogP contribution is 2.31. The summed E-state index contributed by atoms with van der Waals surface area (Å²) in [5.74, 6) is 0.0542. The van der Waals surface area contributed by atoms with Crippen molar-refractivity contribution < 1.29 is 19.7 Å². The Kier molecular flexibility index (Phi) is 4.28. The van der Waals surface area contributed by atoms with Gasteiger partial charge in [0.05, 0.1) is 18.8 Å². The summed E-state index contributed by atoms with van der Waals surface area (Å²) in [6, 6.07) is 0. The van der Waals surface area contributed by atoms with Gasteiger partial charge >= 0.3 is 0 Å². The highest BCUT2D eigenvalue weighted by atomic mass is 16.7. The molecule has 4 N–H and O–H groups in total. The summed E-state index contributed by atoms with van der Waals surface area (Å²) >= 11 is 0. The maximum atomic E-state index is 9.60. The number of aliphatic hydroxyl groups excluding tert-OH is 2. The zero-order valence-electron chi connectivity index (χ0n) is 8.59. The lowest BCUT2D eigenvalue weighted by molar-refractivity contribution is -0.136. The summed E-state index contributed by atoms with van der Waals surface area (Å²) in [5.41, 5.74) is 5.38. The molecule has 0 aliphatic heterocycles. The number of methoxy groups -OCH3 is 1. The quantitative estimate of drug-likeness (QED) is 0.527. The summed E-state index contributed by atoms with van der Waals surface area (Å²) < 4.78 is 9.84. The van der Waals surface area contributed by atoms with E-state index in [4.69, 9.17) is 15.2 Å². The molecule has 0 radical (unpaired) electrons. The van der Waals surface area contributed by atoms with Crippen LogP contribution < -0.4 is 5.73 Å². The van der Waals surface area contributed by atoms with Crippen LogP contribution in [0.2, 0.25) is 0 Å². The predicted octanol–water partition coefficient (Wildman–Crippen LogP) is -0.731. The van der Waals surface area contributed by atoms with E-state index in [9.17, 15) is 10.2 Å². The Bertz CT molecular complexity index is 178. The van der Waals surface area contributed by atoms with Crippen LogP contribution in [0.4, 0.5) is 0 Å². The Morgan fingerprint density at radius 3 is 2.50 bits per heavy atom. The number of rotatable bonds is 4. The molecule has 1 rings (SSSR count). The topological polar surface area (TPSA) is 84.9 Å². The van der Waals surface area contributed by atoms with Crippen LogP contribution >= 0.6 is 0 Å². The van der Waals surface area contributed by atoms with Gasteiger partial charge in [0.25, 0.3) is 0 Å². The molecule has 5 nitrogen and oxygen atoms in total. The fourth-order valence-corrected chi connectivity index (χ4v) is 1.82. The molecule has 0 aromatic rings. The molecule has 1 fully saturated rings. The number of nitrogens with two attached hydrogens (primary N) is 1. The zero-order chi connectivity index (χ0) is 10.7. The molecule has 1 saturated carbocycles. The van der Waals surface area contributed by atoms with Crippen LogP contribution in [0.15, 0.2) is 0 Å². The molecular formula is C9H19NO4. The normalized spacial score (nSPS) is 40.1. The molecule has 1 aliphatic rings. The van der Waals surface area contributed by atoms with Gasteiger partial charge < -0.3 is 19.7 Å². The second kappa shape index (κ2) is 5.04. The minimum atomic E-state index is -0.754. The third-order valence-corrected chi connectivity index (χ3v) is 2.80. The minimum Gasteiger partial charge on any atom is -0.390 e. The van der Waals surface area contributed by atoms with Gasteiger partial charge in [-0.3, -0.25) is 5.73 Å². The van der Waals surface area contributed by atoms with Crippen LogP contribution in [0.3, 0.4) is 0 Å². The summed E-state index contributed by atoms with van der Waals surface area (Å²) in [4.78, 5) is 0. The van der Waals surface area contributed by atoms with Crippen molar-refractivity contribution in [2.75, 3.05) is 13.7 Å². The van der Waals surface area contributed by atoms with E-state index in [0.717, 1.165) is 6.42 Å². The summed E-state index contributed by atoms with van der Waals surface area (Å²) in [7, 11) is 1.45. The van der Waals surface area contributed by atoms with Crippen molar-refractivity contribution in [3.05, 3.63) is 0 Å². The first-order valence-electron chi connectivity index (χ1n) is 4.82. The number of hydrogen-bond acceptors (Lipinski definition) is 5. The van der Waals surface area contributed by atoms with Gasteiger partial charge in [-0.25, -0.2) is 0 Å². The van der Waals surface area contributed by atoms with E-state index in [2.05, 4.69) is 0 Å². The van der Waals surface area contributed by atoms with E-state index in [-0.39, 0.29) is 11.8 Å². The summed E-state index contributed by atoms with van der Waals surface area (Å²) in [5, 5.41) is 19.1. The van der Waals surface area contributed by atoms with Crippen LogP contribution in [0.5, 0.6) is 0 Å². The van der Waals surface area contributed by atoms with Gasteiger partial charge in [0.15, 0.2) is 0 Å². The van der Waals surface area contributed by atoms with E-state index in [1.54, 1.807) is 0 Å². The molecule has 5 atom stereocenters. The molecule has 84 valence electrons. The predicted molar refractivity (Wildman–Crippen MR) is 50.2 cm³/mol. The average molecular weight is 205 g/mol. The highest BCUT2D eigenvalue weighted by molar-refractivity contribution is 4.88. The van der Waals surface area contributed by atoms with Crippen molar-refractivity contribution in [3.63, 3.8) is 0 Å². The third kappa shape index (κ3) is 2.65. The molecule has 0 amide bonds. The van der Waals surface area contributed by atoms with Crippen molar-refractivity contribution in [3.8, 4) is 0 Å². The smallest absolute Gasteiger partial charge is 0.213 e. The van der Waals surface area contributed by atoms with Crippen molar-refractivity contribution in [1.29, 1.82) is 0 Å². The van der Waals surface area contributed by atoms with Gasteiger partial charge in [0.2, 0.25) is 6.41 Å². The Balaban J connectivity index is 2.32. The first-order chi connectivity index (χ1) is 6.56. The summed E-state index contributed by atoms with van der Waals surface area (Å²) in [6.45, 7) is 2.22. The first kappa shape index (κ1) is 11.9. The maximum Gasteiger partial charge on any atom is 0.213 e. The SMILES string of the molecule is COC(N)OC[C@H]1C[C@@H](C)[C@H](O)[C@@H]1O. The molecule has 1 aliphatic carbocycles. The maximum absolute atomic E-state index is 9.60. The van der Waals surface area contributed by atoms with Crippen LogP contribution in [-0.2, 0) is 9.47 Å². The zero-order valence-corrected chi connectivity index (χ0v) is 8.59. The van der Waals surface area contributed by atoms with Crippen LogP contribution in [-0.4, -0.2) is 42.6 Å². The Labute approximate surface area is 83.8 Å². The van der Waals surface area contributed by atoms with Crippen LogP contribution in [0, 0.1) is 11.8 Å². The van der Waals surface area contributed by atoms with E-state index in [0.29, 0.717) is 6.61 Å². The van der Waals surface area contributed by atoms with Gasteiger partial charge in [-0.2, -0.15) is 0 Å². The van der Waals surface area contributed by atoms with Gasteiger partial charge in [-0.1, -0.05) is 6.92 Å². The summed E-state index contributed by atoms with van der Waals surface area (Å²) in [6.07, 6.45) is -1.37. The van der Waals surface area contributed by atoms with E-state index >= 15 is 0 Å². The molecule has 0 saturated heterocycles. The minimum absolute atomic E-state index is 0.0544. The lowest BCUT2D eigenvalue weighted by atomic mass is 10.1. The molecule has 0 aromatic heterocycles.